The molecule has 2 aromatic rings. The number of carbonyl (C=O) groups is 1. The molecule has 0 spiro atoms. The maximum atomic E-state index is 9.90. The maximum absolute atomic E-state index is 9.90. The molecule has 2 aromatic carbocycles. The highest BCUT2D eigenvalue weighted by molar-refractivity contribution is 5.82. The van der Waals surface area contributed by atoms with E-state index in [0.717, 1.165) is 36.1 Å². The van der Waals surface area contributed by atoms with Gasteiger partial charge in [-0.3, -0.25) is 9.79 Å². The Hall–Kier alpha value is -3.50. The molecule has 2 aliphatic rings. The van der Waals surface area contributed by atoms with Gasteiger partial charge in [0.2, 0.25) is 0 Å². The first-order valence-corrected chi connectivity index (χ1v) is 11.5. The van der Waals surface area contributed by atoms with Gasteiger partial charge in [-0.25, -0.2) is 0 Å². The highest BCUT2D eigenvalue weighted by Crippen LogP contribution is 2.18. The molecule has 0 amide bonds. The summed E-state index contributed by atoms with van der Waals surface area (Å²) in [5.74, 6) is 0. The highest BCUT2D eigenvalue weighted by atomic mass is 16.2. The highest BCUT2D eigenvalue weighted by Gasteiger charge is 1.96. The molecule has 0 bridgehead atoms. The number of nitrogens with zero attached hydrogens (tertiary/aromatic N) is 1. The number of nitrogens with two attached hydrogens (primary N) is 1. The van der Waals surface area contributed by atoms with Gasteiger partial charge < -0.3 is 10.8 Å². The van der Waals surface area contributed by atoms with Crippen LogP contribution in [0.15, 0.2) is 89.0 Å². The van der Waals surface area contributed by atoms with Crippen molar-refractivity contribution in [2.45, 2.75) is 47.5 Å². The van der Waals surface area contributed by atoms with Crippen molar-refractivity contribution in [3.05, 3.63) is 106 Å². The molecule has 0 heterocycles. The molecule has 0 saturated heterocycles. The molecule has 2 aliphatic carbocycles. The number of carbonyl (C=O) groups excluding carboxylic acids is 1. The molecule has 0 aliphatic heterocycles. The molecule has 4 nitrogen and oxygen atoms in total. The van der Waals surface area contributed by atoms with E-state index in [1.165, 1.54) is 27.8 Å². The second kappa shape index (κ2) is 16.2. The third kappa shape index (κ3) is 11.4. The van der Waals surface area contributed by atoms with Gasteiger partial charge in [0.1, 0.15) is 6.29 Å². The second-order valence-corrected chi connectivity index (χ2v) is 8.05. The Morgan fingerprint density at radius 3 is 1.79 bits per heavy atom. The average Bonchev–Trinajstić information content (AvgIpc) is 3.53. The fourth-order valence-corrected chi connectivity index (χ4v) is 2.84. The Balaban J connectivity index is 0.000000259. The summed E-state index contributed by atoms with van der Waals surface area (Å²) in [7, 11) is 0. The first-order valence-electron chi connectivity index (χ1n) is 11.5. The third-order valence-electron chi connectivity index (χ3n) is 5.15. The molecule has 180 valence electrons. The first kappa shape index (κ1) is 28.5. The van der Waals surface area contributed by atoms with E-state index in [-0.39, 0.29) is 6.61 Å². The van der Waals surface area contributed by atoms with Crippen molar-refractivity contribution in [1.82, 2.24) is 0 Å². The molecule has 4 heteroatoms. The standard InChI is InChI=1S/C14H15N.C8H11N.C6H6O.C2H6O/c1-11-7-8-14(9-12(11)2)15-10-13-5-3-4-6-13;1-6-3-4-8(9)5-7(6)2;7-5-6-3-1-2-4-6;1-2-3/h3-5,7-10H,6H2,1-2H3;3-5H,9H2,1-2H3;1-3,5H,4H2;3H,2H2,1H3. The average molecular weight is 459 g/mol. The molecule has 3 N–H and O–H groups in total. The Kier molecular flexibility index (Phi) is 13.6. The quantitative estimate of drug-likeness (QED) is 0.300. The van der Waals surface area contributed by atoms with Gasteiger partial charge in [-0.1, -0.05) is 48.6 Å². The fourth-order valence-electron chi connectivity index (χ4n) is 2.84. The zero-order valence-corrected chi connectivity index (χ0v) is 21.1. The van der Waals surface area contributed by atoms with Crippen LogP contribution in [0.25, 0.3) is 0 Å². The summed E-state index contributed by atoms with van der Waals surface area (Å²) >= 11 is 0. The smallest absolute Gasteiger partial charge is 0.146 e. The minimum Gasteiger partial charge on any atom is -0.399 e. The van der Waals surface area contributed by atoms with Gasteiger partial charge in [-0.15, -0.1) is 0 Å². The number of hydrogen-bond acceptors (Lipinski definition) is 4. The summed E-state index contributed by atoms with van der Waals surface area (Å²) in [6, 6.07) is 12.2. The summed E-state index contributed by atoms with van der Waals surface area (Å²) in [6.07, 6.45) is 16.7. The predicted octanol–water partition coefficient (Wildman–Crippen LogP) is 6.85. The summed E-state index contributed by atoms with van der Waals surface area (Å²) in [6.45, 7) is 10.3. The zero-order valence-electron chi connectivity index (χ0n) is 21.1. The molecule has 0 atom stereocenters. The fraction of sp³-hybridized carbons (Fsp3) is 0.267. The van der Waals surface area contributed by atoms with E-state index in [1.54, 1.807) is 6.92 Å². The van der Waals surface area contributed by atoms with Crippen LogP contribution in [0.3, 0.4) is 0 Å². The largest absolute Gasteiger partial charge is 0.399 e. The van der Waals surface area contributed by atoms with Crippen molar-refractivity contribution in [3.8, 4) is 0 Å². The Bertz CT molecular complexity index is 1070. The van der Waals surface area contributed by atoms with Gasteiger partial charge in [-0.2, -0.15) is 0 Å². The monoisotopic (exact) mass is 458 g/mol. The number of aryl methyl sites for hydroxylation is 4. The number of rotatable bonds is 3. The normalized spacial score (nSPS) is 13.1. The van der Waals surface area contributed by atoms with Gasteiger partial charge >= 0.3 is 0 Å². The SMILES string of the molecule is CCO.Cc1ccc(N)cc1C.Cc1ccc(N=CC2=CC=CC2)cc1C.O=CC1=CC=CC1. The minimum atomic E-state index is 0.250. The van der Waals surface area contributed by atoms with Crippen LogP contribution in [0.5, 0.6) is 0 Å². The number of nitrogen functional groups attached to an aromatic ring is 1. The van der Waals surface area contributed by atoms with Crippen molar-refractivity contribution in [2.75, 3.05) is 12.3 Å². The van der Waals surface area contributed by atoms with E-state index < -0.39 is 0 Å². The Morgan fingerprint density at radius 1 is 0.853 bits per heavy atom. The van der Waals surface area contributed by atoms with E-state index in [0.29, 0.717) is 0 Å². The summed E-state index contributed by atoms with van der Waals surface area (Å²) in [5.41, 5.74) is 14.7. The molecular weight excluding hydrogens is 420 g/mol. The van der Waals surface area contributed by atoms with Gasteiger partial charge in [-0.05, 0) is 105 Å². The molecule has 0 saturated carbocycles. The van der Waals surface area contributed by atoms with Gasteiger partial charge in [0.25, 0.3) is 0 Å². The van der Waals surface area contributed by atoms with Crippen molar-refractivity contribution in [3.63, 3.8) is 0 Å². The van der Waals surface area contributed by atoms with Crippen LogP contribution in [0.1, 0.15) is 42.0 Å². The summed E-state index contributed by atoms with van der Waals surface area (Å²) in [5, 5.41) is 7.57. The number of aliphatic hydroxyl groups is 1. The molecule has 34 heavy (non-hydrogen) atoms. The van der Waals surface area contributed by atoms with E-state index in [4.69, 9.17) is 10.8 Å². The van der Waals surface area contributed by atoms with E-state index in [9.17, 15) is 4.79 Å². The molecule has 0 aromatic heterocycles. The van der Waals surface area contributed by atoms with Crippen LogP contribution in [0, 0.1) is 27.7 Å². The summed E-state index contributed by atoms with van der Waals surface area (Å²) in [4.78, 5) is 14.4. The lowest BCUT2D eigenvalue weighted by molar-refractivity contribution is -0.104. The van der Waals surface area contributed by atoms with Crippen LogP contribution in [-0.2, 0) is 4.79 Å². The number of allylic oxidation sites excluding steroid dienone is 8. The van der Waals surface area contributed by atoms with Crippen molar-refractivity contribution >= 4 is 23.9 Å². The van der Waals surface area contributed by atoms with E-state index in [2.05, 4.69) is 69.1 Å². The number of anilines is 1. The lowest BCUT2D eigenvalue weighted by atomic mass is 10.1. The zero-order chi connectivity index (χ0) is 25.3. The Labute approximate surface area is 204 Å². The van der Waals surface area contributed by atoms with Gasteiger partial charge in [0.15, 0.2) is 0 Å². The third-order valence-corrected chi connectivity index (χ3v) is 5.15. The van der Waals surface area contributed by atoms with E-state index >= 15 is 0 Å². The topological polar surface area (TPSA) is 75.7 Å². The number of aliphatic imine (C=N–C) groups is 1. The van der Waals surface area contributed by atoms with Crippen molar-refractivity contribution in [1.29, 1.82) is 0 Å². The predicted molar refractivity (Wildman–Crippen MR) is 147 cm³/mol. The van der Waals surface area contributed by atoms with Crippen LogP contribution in [-0.4, -0.2) is 24.2 Å². The van der Waals surface area contributed by atoms with Crippen LogP contribution in [0.2, 0.25) is 0 Å². The van der Waals surface area contributed by atoms with Gasteiger partial charge in [0.05, 0.1) is 5.69 Å². The van der Waals surface area contributed by atoms with Crippen LogP contribution in [0.4, 0.5) is 11.4 Å². The molecular formula is C30H38N2O2. The molecule has 4 rings (SSSR count). The summed E-state index contributed by atoms with van der Waals surface area (Å²) < 4.78 is 0. The van der Waals surface area contributed by atoms with Crippen LogP contribution >= 0.6 is 0 Å². The number of hydrogen-bond donors (Lipinski definition) is 2. The molecule has 0 fully saturated rings. The number of aldehydes is 1. The van der Waals surface area contributed by atoms with Crippen molar-refractivity contribution in [2.24, 2.45) is 4.99 Å². The lowest BCUT2D eigenvalue weighted by Crippen LogP contribution is -1.86. The Morgan fingerprint density at radius 2 is 1.38 bits per heavy atom. The second-order valence-electron chi connectivity index (χ2n) is 8.05. The number of benzene rings is 2. The molecule has 0 radical (unpaired) electrons. The number of aliphatic hydroxyl groups excluding tert-OH is 1. The van der Waals surface area contributed by atoms with E-state index in [1.807, 2.05) is 42.6 Å². The minimum absolute atomic E-state index is 0.250. The van der Waals surface area contributed by atoms with Gasteiger partial charge in [0, 0.05) is 18.5 Å². The van der Waals surface area contributed by atoms with Crippen LogP contribution < -0.4 is 5.73 Å². The maximum Gasteiger partial charge on any atom is 0.146 e. The first-order chi connectivity index (χ1) is 16.3. The van der Waals surface area contributed by atoms with Crippen molar-refractivity contribution < 1.29 is 9.90 Å². The lowest BCUT2D eigenvalue weighted by Gasteiger charge is -2.00. The molecule has 0 unspecified atom stereocenters.